The first-order valence-corrected chi connectivity index (χ1v) is 8.01. The normalized spacial score (nSPS) is 11.5. The Labute approximate surface area is 127 Å². The highest BCUT2D eigenvalue weighted by Gasteiger charge is 2.16. The summed E-state index contributed by atoms with van der Waals surface area (Å²) in [5.41, 5.74) is 2.26. The number of ketones is 1. The molecular formula is C15H13N3O3S. The van der Waals surface area contributed by atoms with Crippen LogP contribution in [0.25, 0.3) is 11.0 Å². The summed E-state index contributed by atoms with van der Waals surface area (Å²) >= 11 is 0. The maximum absolute atomic E-state index is 12.4. The van der Waals surface area contributed by atoms with E-state index in [9.17, 15) is 13.2 Å². The Morgan fingerprint density at radius 3 is 2.77 bits per heavy atom. The molecular weight excluding hydrogens is 302 g/mol. The lowest BCUT2D eigenvalue weighted by atomic mass is 10.2. The highest BCUT2D eigenvalue weighted by atomic mass is 32.2. The van der Waals surface area contributed by atoms with E-state index in [1.54, 1.807) is 36.7 Å². The molecule has 0 amide bonds. The molecule has 3 rings (SSSR count). The molecule has 0 bridgehead atoms. The zero-order chi connectivity index (χ0) is 15.7. The van der Waals surface area contributed by atoms with Crippen LogP contribution in [0, 0.1) is 0 Å². The van der Waals surface area contributed by atoms with Crippen molar-refractivity contribution in [3.8, 4) is 0 Å². The Balaban J connectivity index is 1.95. The first-order chi connectivity index (χ1) is 10.5. The number of hydrogen-bond donors (Lipinski definition) is 2. The Kier molecular flexibility index (Phi) is 3.42. The van der Waals surface area contributed by atoms with Gasteiger partial charge < -0.3 is 4.98 Å². The third kappa shape index (κ3) is 2.71. The van der Waals surface area contributed by atoms with Crippen molar-refractivity contribution in [2.45, 2.75) is 11.8 Å². The second kappa shape index (κ2) is 5.27. The maximum atomic E-state index is 12.4. The van der Waals surface area contributed by atoms with Crippen LogP contribution in [-0.2, 0) is 10.0 Å². The van der Waals surface area contributed by atoms with Gasteiger partial charge in [0.25, 0.3) is 10.0 Å². The lowest BCUT2D eigenvalue weighted by Gasteiger charge is -2.09. The molecule has 7 heteroatoms. The summed E-state index contributed by atoms with van der Waals surface area (Å²) in [5.74, 6) is -0.184. The van der Waals surface area contributed by atoms with Crippen LogP contribution in [0.3, 0.4) is 0 Å². The maximum Gasteiger partial charge on any atom is 0.261 e. The van der Waals surface area contributed by atoms with Crippen LogP contribution in [0.15, 0.2) is 53.7 Å². The van der Waals surface area contributed by atoms with Gasteiger partial charge in [0.05, 0.1) is 27.9 Å². The number of H-pyrrole nitrogens is 1. The molecule has 1 heterocycles. The van der Waals surface area contributed by atoms with Gasteiger partial charge in [-0.05, 0) is 37.3 Å². The van der Waals surface area contributed by atoms with Crippen molar-refractivity contribution in [3.63, 3.8) is 0 Å². The minimum Gasteiger partial charge on any atom is -0.345 e. The van der Waals surface area contributed by atoms with Gasteiger partial charge in [-0.3, -0.25) is 9.52 Å². The molecule has 0 saturated carbocycles. The van der Waals surface area contributed by atoms with E-state index in [-0.39, 0.29) is 10.7 Å². The van der Waals surface area contributed by atoms with E-state index >= 15 is 0 Å². The number of carbonyl (C=O) groups is 1. The molecule has 0 fully saturated rings. The molecule has 2 aromatic carbocycles. The van der Waals surface area contributed by atoms with Crippen molar-refractivity contribution in [1.29, 1.82) is 0 Å². The molecule has 3 aromatic rings. The highest BCUT2D eigenvalue weighted by molar-refractivity contribution is 7.92. The number of anilines is 1. The van der Waals surface area contributed by atoms with Crippen LogP contribution in [0.5, 0.6) is 0 Å². The van der Waals surface area contributed by atoms with Gasteiger partial charge in [-0.2, -0.15) is 0 Å². The molecule has 2 N–H and O–H groups in total. The summed E-state index contributed by atoms with van der Waals surface area (Å²) in [6.07, 6.45) is 1.54. The quantitative estimate of drug-likeness (QED) is 0.724. The largest absolute Gasteiger partial charge is 0.345 e. The molecule has 0 aliphatic rings. The van der Waals surface area contributed by atoms with Crippen LogP contribution >= 0.6 is 0 Å². The molecule has 0 unspecified atom stereocenters. The molecule has 0 atom stereocenters. The first-order valence-electron chi connectivity index (χ1n) is 6.53. The molecule has 0 aliphatic carbocycles. The Morgan fingerprint density at radius 2 is 2.00 bits per heavy atom. The van der Waals surface area contributed by atoms with Gasteiger partial charge in [0.15, 0.2) is 5.78 Å². The van der Waals surface area contributed by atoms with E-state index in [4.69, 9.17) is 0 Å². The number of Topliss-reactive ketones (excluding diaryl/α,β-unsaturated/α-hetero) is 1. The van der Waals surface area contributed by atoms with Crippen molar-refractivity contribution in [1.82, 2.24) is 9.97 Å². The molecule has 112 valence electrons. The average Bonchev–Trinajstić information content (AvgIpc) is 2.94. The summed E-state index contributed by atoms with van der Waals surface area (Å²) in [6, 6.07) is 10.9. The number of aromatic amines is 1. The van der Waals surface area contributed by atoms with Crippen molar-refractivity contribution in [3.05, 3.63) is 54.4 Å². The van der Waals surface area contributed by atoms with Gasteiger partial charge in [0.2, 0.25) is 0 Å². The van der Waals surface area contributed by atoms with Crippen LogP contribution in [0.2, 0.25) is 0 Å². The topological polar surface area (TPSA) is 91.9 Å². The molecule has 0 radical (unpaired) electrons. The minimum atomic E-state index is -3.76. The summed E-state index contributed by atoms with van der Waals surface area (Å²) in [5, 5.41) is 0. The van der Waals surface area contributed by atoms with Crippen molar-refractivity contribution in [2.24, 2.45) is 0 Å². The van der Waals surface area contributed by atoms with Gasteiger partial charge in [-0.1, -0.05) is 12.1 Å². The zero-order valence-electron chi connectivity index (χ0n) is 11.7. The number of sulfonamides is 1. The lowest BCUT2D eigenvalue weighted by molar-refractivity contribution is 0.101. The van der Waals surface area contributed by atoms with Crippen molar-refractivity contribution < 1.29 is 13.2 Å². The highest BCUT2D eigenvalue weighted by Crippen LogP contribution is 2.20. The number of nitrogens with zero attached hydrogens (tertiary/aromatic N) is 1. The SMILES string of the molecule is CC(=O)c1cccc(S(=O)(=O)Nc2ccc3nc[nH]c3c2)c1. The van der Waals surface area contributed by atoms with Crippen molar-refractivity contribution >= 4 is 32.5 Å². The second-order valence-electron chi connectivity index (χ2n) is 4.82. The Morgan fingerprint density at radius 1 is 1.18 bits per heavy atom. The minimum absolute atomic E-state index is 0.0462. The molecule has 6 nitrogen and oxygen atoms in total. The number of carbonyl (C=O) groups excluding carboxylic acids is 1. The fraction of sp³-hybridized carbons (Fsp3) is 0.0667. The number of fused-ring (bicyclic) bond motifs is 1. The van der Waals surface area contributed by atoms with Gasteiger partial charge in [0.1, 0.15) is 0 Å². The predicted molar refractivity (Wildman–Crippen MR) is 83.3 cm³/mol. The van der Waals surface area contributed by atoms with Crippen molar-refractivity contribution in [2.75, 3.05) is 4.72 Å². The number of imidazole rings is 1. The average molecular weight is 315 g/mol. The van der Waals surface area contributed by atoms with Gasteiger partial charge in [0, 0.05) is 5.56 Å². The van der Waals surface area contributed by atoms with Crippen LogP contribution < -0.4 is 4.72 Å². The number of aromatic nitrogens is 2. The Hall–Kier alpha value is -2.67. The number of benzene rings is 2. The standard InChI is InChI=1S/C15H13N3O3S/c1-10(19)11-3-2-4-13(7-11)22(20,21)18-12-5-6-14-15(8-12)17-9-16-14/h2-9,18H,1H3,(H,16,17). The fourth-order valence-electron chi connectivity index (χ4n) is 2.10. The predicted octanol–water partition coefficient (Wildman–Crippen LogP) is 2.57. The summed E-state index contributed by atoms with van der Waals surface area (Å²) in [7, 11) is -3.76. The smallest absolute Gasteiger partial charge is 0.261 e. The van der Waals surface area contributed by atoms with E-state index in [2.05, 4.69) is 14.7 Å². The Bertz CT molecular complexity index is 961. The molecule has 0 aliphatic heterocycles. The molecule has 0 spiro atoms. The number of nitrogens with one attached hydrogen (secondary N) is 2. The first kappa shape index (κ1) is 14.3. The summed E-state index contributed by atoms with van der Waals surface area (Å²) in [6.45, 7) is 1.39. The van der Waals surface area contributed by atoms with Gasteiger partial charge >= 0.3 is 0 Å². The van der Waals surface area contributed by atoms with E-state index in [1.165, 1.54) is 19.1 Å². The number of hydrogen-bond acceptors (Lipinski definition) is 4. The second-order valence-corrected chi connectivity index (χ2v) is 6.51. The summed E-state index contributed by atoms with van der Waals surface area (Å²) < 4.78 is 27.3. The third-order valence-corrected chi connectivity index (χ3v) is 4.60. The molecule has 1 aromatic heterocycles. The van der Waals surface area contributed by atoms with Gasteiger partial charge in [-0.15, -0.1) is 0 Å². The summed E-state index contributed by atoms with van der Waals surface area (Å²) in [4.78, 5) is 18.4. The third-order valence-electron chi connectivity index (χ3n) is 3.22. The molecule has 22 heavy (non-hydrogen) atoms. The van der Waals surface area contributed by atoms with E-state index in [0.29, 0.717) is 11.3 Å². The van der Waals surface area contributed by atoms with Crippen LogP contribution in [0.4, 0.5) is 5.69 Å². The van der Waals surface area contributed by atoms with E-state index in [0.717, 1.165) is 11.0 Å². The van der Waals surface area contributed by atoms with Crippen LogP contribution in [-0.4, -0.2) is 24.2 Å². The van der Waals surface area contributed by atoms with Crippen LogP contribution in [0.1, 0.15) is 17.3 Å². The number of rotatable bonds is 4. The zero-order valence-corrected chi connectivity index (χ0v) is 12.5. The van der Waals surface area contributed by atoms with E-state index < -0.39 is 10.0 Å². The fourth-order valence-corrected chi connectivity index (χ4v) is 3.19. The monoisotopic (exact) mass is 315 g/mol. The van der Waals surface area contributed by atoms with Gasteiger partial charge in [-0.25, -0.2) is 13.4 Å². The lowest BCUT2D eigenvalue weighted by Crippen LogP contribution is -2.13. The molecule has 0 saturated heterocycles. The van der Waals surface area contributed by atoms with E-state index in [1.807, 2.05) is 0 Å².